The largest absolute Gasteiger partial charge is 0.489 e. The quantitative estimate of drug-likeness (QED) is 0.562. The monoisotopic (exact) mass is 415 g/mol. The van der Waals surface area contributed by atoms with Crippen molar-refractivity contribution in [2.45, 2.75) is 19.4 Å². The van der Waals surface area contributed by atoms with Gasteiger partial charge in [0.1, 0.15) is 12.4 Å². The molecule has 2 aromatic carbocycles. The number of aryl methyl sites for hydroxylation is 1. The first-order valence-corrected chi connectivity index (χ1v) is 9.01. The zero-order valence-electron chi connectivity index (χ0n) is 13.3. The average Bonchev–Trinajstić information content (AvgIpc) is 2.48. The van der Waals surface area contributed by atoms with Gasteiger partial charge in [0.15, 0.2) is 0 Å². The maximum absolute atomic E-state index is 6.20. The van der Waals surface area contributed by atoms with Gasteiger partial charge in [0.2, 0.25) is 0 Å². The fourth-order valence-electron chi connectivity index (χ4n) is 2.29. The van der Waals surface area contributed by atoms with Crippen LogP contribution in [0.3, 0.4) is 0 Å². The Morgan fingerprint density at radius 3 is 2.43 bits per heavy atom. The fourth-order valence-corrected chi connectivity index (χ4v) is 3.21. The summed E-state index contributed by atoms with van der Waals surface area (Å²) in [7, 11) is 4.16. The maximum Gasteiger partial charge on any atom is 0.123 e. The van der Waals surface area contributed by atoms with Gasteiger partial charge >= 0.3 is 0 Å². The molecule has 124 valence electrons. The van der Waals surface area contributed by atoms with Gasteiger partial charge in [-0.05, 0) is 69.4 Å². The van der Waals surface area contributed by atoms with E-state index in [1.54, 1.807) is 0 Å². The van der Waals surface area contributed by atoms with Crippen LogP contribution in [0, 0.1) is 0 Å². The third-order valence-corrected chi connectivity index (χ3v) is 4.71. The molecule has 0 N–H and O–H groups in total. The van der Waals surface area contributed by atoms with Crippen LogP contribution in [-0.2, 0) is 13.0 Å². The van der Waals surface area contributed by atoms with Crippen molar-refractivity contribution in [1.82, 2.24) is 4.90 Å². The molecule has 0 aromatic heterocycles. The molecule has 0 bridgehead atoms. The van der Waals surface area contributed by atoms with Crippen LogP contribution in [0.4, 0.5) is 0 Å². The number of ether oxygens (including phenoxy) is 1. The maximum atomic E-state index is 6.20. The van der Waals surface area contributed by atoms with E-state index in [4.69, 9.17) is 27.9 Å². The Kier molecular flexibility index (Phi) is 7.22. The van der Waals surface area contributed by atoms with Crippen LogP contribution in [0.1, 0.15) is 17.5 Å². The van der Waals surface area contributed by atoms with Crippen LogP contribution >= 0.6 is 39.1 Å². The highest BCUT2D eigenvalue weighted by atomic mass is 79.9. The number of halogens is 3. The standard InChI is InChI=1S/C18H20BrCl2NO/c1-22(2)10-4-5-13-11-14(19)8-9-18(13)23-12-15-16(20)6-3-7-17(15)21/h3,6-9,11H,4-5,10,12H2,1-2H3. The van der Waals surface area contributed by atoms with Crippen molar-refractivity contribution in [3.8, 4) is 5.75 Å². The Hall–Kier alpha value is -0.740. The lowest BCUT2D eigenvalue weighted by molar-refractivity contribution is 0.302. The second-order valence-electron chi connectivity index (χ2n) is 5.65. The molecule has 0 heterocycles. The van der Waals surface area contributed by atoms with Crippen LogP contribution in [-0.4, -0.2) is 25.5 Å². The Balaban J connectivity index is 2.10. The van der Waals surface area contributed by atoms with Gasteiger partial charge in [0.05, 0.1) is 0 Å². The van der Waals surface area contributed by atoms with E-state index in [1.165, 1.54) is 5.56 Å². The topological polar surface area (TPSA) is 12.5 Å². The third-order valence-electron chi connectivity index (χ3n) is 3.51. The van der Waals surface area contributed by atoms with Crippen LogP contribution in [0.25, 0.3) is 0 Å². The summed E-state index contributed by atoms with van der Waals surface area (Å²) in [6.07, 6.45) is 2.04. The molecule has 0 saturated heterocycles. The Morgan fingerprint density at radius 1 is 1.09 bits per heavy atom. The van der Waals surface area contributed by atoms with Crippen molar-refractivity contribution in [2.24, 2.45) is 0 Å². The highest BCUT2D eigenvalue weighted by molar-refractivity contribution is 9.10. The lowest BCUT2D eigenvalue weighted by Gasteiger charge is -2.15. The summed E-state index contributed by atoms with van der Waals surface area (Å²) in [6.45, 7) is 1.41. The Bertz CT molecular complexity index is 641. The van der Waals surface area contributed by atoms with E-state index < -0.39 is 0 Å². The molecule has 2 nitrogen and oxygen atoms in total. The first-order chi connectivity index (χ1) is 11.0. The molecular weight excluding hydrogens is 397 g/mol. The minimum absolute atomic E-state index is 0.362. The lowest BCUT2D eigenvalue weighted by atomic mass is 10.1. The predicted octanol–water partition coefficient (Wildman–Crippen LogP) is 5.83. The summed E-state index contributed by atoms with van der Waals surface area (Å²) in [4.78, 5) is 2.18. The van der Waals surface area contributed by atoms with E-state index in [-0.39, 0.29) is 0 Å². The first-order valence-electron chi connectivity index (χ1n) is 7.46. The van der Waals surface area contributed by atoms with E-state index in [0.29, 0.717) is 16.7 Å². The van der Waals surface area contributed by atoms with Crippen molar-refractivity contribution in [3.05, 3.63) is 62.0 Å². The average molecular weight is 417 g/mol. The van der Waals surface area contributed by atoms with Crippen LogP contribution in [0.15, 0.2) is 40.9 Å². The van der Waals surface area contributed by atoms with E-state index in [1.807, 2.05) is 30.3 Å². The highest BCUT2D eigenvalue weighted by Gasteiger charge is 2.09. The van der Waals surface area contributed by atoms with Crippen molar-refractivity contribution < 1.29 is 4.74 Å². The second kappa shape index (κ2) is 8.93. The van der Waals surface area contributed by atoms with Crippen molar-refractivity contribution in [2.75, 3.05) is 20.6 Å². The molecule has 0 saturated carbocycles. The molecule has 0 aliphatic carbocycles. The molecular formula is C18H20BrCl2NO. The van der Waals surface area contributed by atoms with Crippen LogP contribution < -0.4 is 4.74 Å². The molecule has 23 heavy (non-hydrogen) atoms. The summed E-state index contributed by atoms with van der Waals surface area (Å²) >= 11 is 15.9. The van der Waals surface area contributed by atoms with Gasteiger partial charge in [-0.25, -0.2) is 0 Å². The molecule has 5 heteroatoms. The van der Waals surface area contributed by atoms with Gasteiger partial charge in [-0.15, -0.1) is 0 Å². The molecule has 0 unspecified atom stereocenters. The van der Waals surface area contributed by atoms with Gasteiger partial charge < -0.3 is 9.64 Å². The summed E-state index contributed by atoms with van der Waals surface area (Å²) in [5, 5.41) is 1.26. The van der Waals surface area contributed by atoms with Crippen molar-refractivity contribution in [3.63, 3.8) is 0 Å². The van der Waals surface area contributed by atoms with Gasteiger partial charge in [-0.1, -0.05) is 45.2 Å². The van der Waals surface area contributed by atoms with Gasteiger partial charge in [-0.2, -0.15) is 0 Å². The summed E-state index contributed by atoms with van der Waals surface area (Å²) in [5.74, 6) is 0.878. The predicted molar refractivity (Wildman–Crippen MR) is 102 cm³/mol. The molecule has 0 radical (unpaired) electrons. The SMILES string of the molecule is CN(C)CCCc1cc(Br)ccc1OCc1c(Cl)cccc1Cl. The summed E-state index contributed by atoms with van der Waals surface area (Å²) in [5.41, 5.74) is 2.00. The minimum atomic E-state index is 0.362. The zero-order valence-corrected chi connectivity index (χ0v) is 16.4. The molecule has 0 amide bonds. The Morgan fingerprint density at radius 2 is 1.78 bits per heavy atom. The first kappa shape index (κ1) is 18.6. The van der Waals surface area contributed by atoms with E-state index in [9.17, 15) is 0 Å². The van der Waals surface area contributed by atoms with E-state index in [2.05, 4.69) is 41.0 Å². The molecule has 2 rings (SSSR count). The van der Waals surface area contributed by atoms with Gasteiger partial charge in [0, 0.05) is 20.1 Å². The van der Waals surface area contributed by atoms with E-state index >= 15 is 0 Å². The summed E-state index contributed by atoms with van der Waals surface area (Å²) < 4.78 is 7.05. The second-order valence-corrected chi connectivity index (χ2v) is 7.38. The number of hydrogen-bond donors (Lipinski definition) is 0. The molecule has 2 aromatic rings. The molecule has 0 aliphatic heterocycles. The van der Waals surface area contributed by atoms with Crippen LogP contribution in [0.5, 0.6) is 5.75 Å². The zero-order chi connectivity index (χ0) is 16.8. The summed E-state index contributed by atoms with van der Waals surface area (Å²) in [6, 6.07) is 11.6. The number of hydrogen-bond acceptors (Lipinski definition) is 2. The molecule has 0 fully saturated rings. The van der Waals surface area contributed by atoms with E-state index in [0.717, 1.165) is 35.2 Å². The van der Waals surface area contributed by atoms with Gasteiger partial charge in [0.25, 0.3) is 0 Å². The normalized spacial score (nSPS) is 11.0. The van der Waals surface area contributed by atoms with Crippen LogP contribution in [0.2, 0.25) is 10.0 Å². The smallest absolute Gasteiger partial charge is 0.123 e. The lowest BCUT2D eigenvalue weighted by Crippen LogP contribution is -2.13. The molecule has 0 aliphatic rings. The number of nitrogens with zero attached hydrogens (tertiary/aromatic N) is 1. The van der Waals surface area contributed by atoms with Gasteiger partial charge in [-0.3, -0.25) is 0 Å². The fraction of sp³-hybridized carbons (Fsp3) is 0.333. The van der Waals surface area contributed by atoms with Crippen molar-refractivity contribution in [1.29, 1.82) is 0 Å². The third kappa shape index (κ3) is 5.68. The Labute approximate surface area is 156 Å². The number of benzene rings is 2. The minimum Gasteiger partial charge on any atom is -0.489 e. The van der Waals surface area contributed by atoms with Crippen molar-refractivity contribution >= 4 is 39.1 Å². The molecule has 0 spiro atoms. The molecule has 0 atom stereocenters. The highest BCUT2D eigenvalue weighted by Crippen LogP contribution is 2.29. The number of rotatable bonds is 7.